The second-order valence-electron chi connectivity index (χ2n) is 25.2. The fraction of sp³-hybridized carbons (Fsp3) is 0.642. The third kappa shape index (κ3) is 71.3. The Morgan fingerprint density at radius 3 is 1.02 bits per heavy atom. The maximum absolute atomic E-state index is 13.1. The number of likely N-dealkylation sites (N-methyl/N-ethyl adjacent to an activating group) is 1. The number of nitrogens with zero attached hydrogens (tertiary/aromatic N) is 1. The summed E-state index contributed by atoms with van der Waals surface area (Å²) in [4.78, 5) is 23.4. The molecule has 0 aliphatic rings. The lowest BCUT2D eigenvalue weighted by molar-refractivity contribution is -0.870. The van der Waals surface area contributed by atoms with Gasteiger partial charge < -0.3 is 19.8 Å². The number of aliphatic hydroxyl groups excluding tert-OH is 1. The number of phosphoric ester groups is 1. The molecular weight excluding hydrogens is 1130 g/mol. The van der Waals surface area contributed by atoms with E-state index in [1.54, 1.807) is 6.08 Å². The van der Waals surface area contributed by atoms with E-state index < -0.39 is 20.0 Å². The number of amides is 1. The van der Waals surface area contributed by atoms with Crippen LogP contribution in [0, 0.1) is 0 Å². The summed E-state index contributed by atoms with van der Waals surface area (Å²) < 4.78 is 23.8. The highest BCUT2D eigenvalue weighted by atomic mass is 31.2. The standard InChI is InChI=1S/C81H137N2O6P/c1-6-8-10-12-14-16-18-20-22-24-26-28-30-32-34-35-36-37-38-39-40-41-42-43-44-45-46-47-49-51-53-55-57-59-61-63-65-67-69-71-73-75-81(85)82-79(78-89-90(86,87)88-77-76-83(3,4)5)80(84)74-72-70-68-66-64-62-60-58-56-54-52-50-48-33-31-29-27-25-23-21-19-17-15-13-11-9-7-2/h8,10,14,16,20,22,26,28,32,34,36-37,39-40,42-43,45-46,49,51,55-58,64,66,72,74,79-80,84H,6-7,9,11-13,15,17-19,21,23-25,27,29-31,33,35,38,41,44,47-48,50,52-54,59-63,65,67-71,73,75-78H2,1-5H3,(H-,82,85,86,87)/p+1/b10-8-,16-14-,22-20-,28-26-,34-32-,37-36-,40-39-,43-42-,46-45-,51-49-,57-55-,58-56+,66-64+,74-72+. The SMILES string of the molecule is CC/C=C\C/C=C\C/C=C\C/C=C\C/C=C\C/C=C\C/C=C\C/C=C\C/C=C\C/C=C\C/C=C\CCCCCCCCCC(=O)NC(COP(=O)(O)OCC[N+](C)(C)C)C(O)/C=C/CC/C=C/CC/C=C/CCCCCCCCCCCCCCCCCCC. The Balaban J connectivity index is 4.21. The fourth-order valence-electron chi connectivity index (χ4n) is 9.79. The molecule has 0 saturated heterocycles. The summed E-state index contributed by atoms with van der Waals surface area (Å²) in [6.45, 7) is 4.67. The molecule has 0 fully saturated rings. The molecule has 9 heteroatoms. The van der Waals surface area contributed by atoms with Crippen LogP contribution >= 0.6 is 7.82 Å². The molecule has 0 aliphatic heterocycles. The highest BCUT2D eigenvalue weighted by Crippen LogP contribution is 2.43. The smallest absolute Gasteiger partial charge is 0.387 e. The molecule has 0 aromatic rings. The van der Waals surface area contributed by atoms with E-state index in [1.807, 2.05) is 27.2 Å². The van der Waals surface area contributed by atoms with E-state index in [2.05, 4.69) is 177 Å². The van der Waals surface area contributed by atoms with Crippen LogP contribution in [0.1, 0.15) is 284 Å². The molecule has 3 unspecified atom stereocenters. The average molecular weight is 1270 g/mol. The van der Waals surface area contributed by atoms with Crippen molar-refractivity contribution in [1.82, 2.24) is 5.32 Å². The van der Waals surface area contributed by atoms with Crippen LogP contribution in [0.3, 0.4) is 0 Å². The number of unbranched alkanes of at least 4 members (excludes halogenated alkanes) is 26. The van der Waals surface area contributed by atoms with Crippen molar-refractivity contribution in [3.63, 3.8) is 0 Å². The van der Waals surface area contributed by atoms with Gasteiger partial charge in [-0.3, -0.25) is 13.8 Å². The molecule has 0 heterocycles. The van der Waals surface area contributed by atoms with Gasteiger partial charge >= 0.3 is 7.82 Å². The molecule has 0 aromatic carbocycles. The van der Waals surface area contributed by atoms with Gasteiger partial charge in [0.1, 0.15) is 13.2 Å². The number of nitrogens with one attached hydrogen (secondary N) is 1. The second kappa shape index (κ2) is 69.2. The first-order valence-electron chi connectivity index (χ1n) is 36.5. The number of hydrogen-bond donors (Lipinski definition) is 3. The van der Waals surface area contributed by atoms with Crippen LogP contribution in [-0.4, -0.2) is 73.4 Å². The van der Waals surface area contributed by atoms with Gasteiger partial charge in [-0.25, -0.2) is 4.57 Å². The van der Waals surface area contributed by atoms with Gasteiger partial charge in [-0.1, -0.05) is 319 Å². The molecule has 90 heavy (non-hydrogen) atoms. The molecule has 0 aromatic heterocycles. The summed E-state index contributed by atoms with van der Waals surface area (Å²) >= 11 is 0. The topological polar surface area (TPSA) is 105 Å². The first kappa shape index (κ1) is 85.9. The summed E-state index contributed by atoms with van der Waals surface area (Å²) in [7, 11) is 1.52. The normalized spacial score (nSPS) is 14.6. The van der Waals surface area contributed by atoms with Gasteiger partial charge in [-0.05, 0) is 128 Å². The third-order valence-electron chi connectivity index (χ3n) is 15.4. The van der Waals surface area contributed by atoms with Crippen molar-refractivity contribution < 1.29 is 32.9 Å². The zero-order valence-electron chi connectivity index (χ0n) is 58.6. The zero-order valence-corrected chi connectivity index (χ0v) is 59.5. The van der Waals surface area contributed by atoms with Gasteiger partial charge in [0.2, 0.25) is 5.91 Å². The van der Waals surface area contributed by atoms with Crippen molar-refractivity contribution in [3.8, 4) is 0 Å². The highest BCUT2D eigenvalue weighted by molar-refractivity contribution is 7.47. The number of carbonyl (C=O) groups is 1. The van der Waals surface area contributed by atoms with Gasteiger partial charge in [-0.15, -0.1) is 0 Å². The Hall–Kier alpha value is -4.14. The molecule has 0 bridgehead atoms. The molecule has 0 rings (SSSR count). The first-order valence-corrected chi connectivity index (χ1v) is 38.0. The van der Waals surface area contributed by atoms with Crippen LogP contribution in [0.5, 0.6) is 0 Å². The lowest BCUT2D eigenvalue weighted by Crippen LogP contribution is -2.45. The summed E-state index contributed by atoms with van der Waals surface area (Å²) in [5.41, 5.74) is 0. The molecule has 0 aliphatic carbocycles. The Morgan fingerprint density at radius 2 is 0.678 bits per heavy atom. The van der Waals surface area contributed by atoms with E-state index >= 15 is 0 Å². The van der Waals surface area contributed by atoms with Crippen LogP contribution in [0.2, 0.25) is 0 Å². The van der Waals surface area contributed by atoms with E-state index in [-0.39, 0.29) is 19.1 Å². The van der Waals surface area contributed by atoms with Gasteiger partial charge in [0.15, 0.2) is 0 Å². The molecule has 0 spiro atoms. The highest BCUT2D eigenvalue weighted by Gasteiger charge is 2.28. The third-order valence-corrected chi connectivity index (χ3v) is 16.4. The van der Waals surface area contributed by atoms with Crippen LogP contribution < -0.4 is 5.32 Å². The quantitative estimate of drug-likeness (QED) is 0.0243. The lowest BCUT2D eigenvalue weighted by atomic mass is 10.0. The number of quaternary nitrogens is 1. The van der Waals surface area contributed by atoms with Crippen molar-refractivity contribution >= 4 is 13.7 Å². The zero-order chi connectivity index (χ0) is 65.5. The number of carbonyl (C=O) groups excluding carboxylic acids is 1. The number of hydrogen-bond acceptors (Lipinski definition) is 5. The van der Waals surface area contributed by atoms with Gasteiger partial charge in [0.25, 0.3) is 0 Å². The molecule has 3 atom stereocenters. The van der Waals surface area contributed by atoms with E-state index in [0.717, 1.165) is 128 Å². The first-order chi connectivity index (χ1) is 44.0. The largest absolute Gasteiger partial charge is 0.472 e. The van der Waals surface area contributed by atoms with E-state index in [1.165, 1.54) is 135 Å². The minimum atomic E-state index is -4.38. The minimum Gasteiger partial charge on any atom is -0.387 e. The Bertz CT molecular complexity index is 2080. The summed E-state index contributed by atoms with van der Waals surface area (Å²) in [5, 5.41) is 14.0. The second-order valence-corrected chi connectivity index (χ2v) is 26.7. The number of rotatable bonds is 65. The van der Waals surface area contributed by atoms with Gasteiger partial charge in [0.05, 0.1) is 39.9 Å². The van der Waals surface area contributed by atoms with Crippen LogP contribution in [0.25, 0.3) is 0 Å². The van der Waals surface area contributed by atoms with Crippen LogP contribution in [0.4, 0.5) is 0 Å². The monoisotopic (exact) mass is 1270 g/mol. The van der Waals surface area contributed by atoms with Gasteiger partial charge in [0, 0.05) is 6.42 Å². The molecule has 0 saturated carbocycles. The maximum Gasteiger partial charge on any atom is 0.472 e. The predicted octanol–water partition coefficient (Wildman–Crippen LogP) is 23.9. The van der Waals surface area contributed by atoms with Crippen LogP contribution in [-0.2, 0) is 18.4 Å². The molecule has 8 nitrogen and oxygen atoms in total. The van der Waals surface area contributed by atoms with Crippen molar-refractivity contribution in [1.29, 1.82) is 0 Å². The number of allylic oxidation sites excluding steroid dienone is 27. The fourth-order valence-corrected chi connectivity index (χ4v) is 10.5. The Labute approximate surface area is 555 Å². The van der Waals surface area contributed by atoms with E-state index in [4.69, 9.17) is 9.05 Å². The lowest BCUT2D eigenvalue weighted by Gasteiger charge is -2.25. The van der Waals surface area contributed by atoms with Gasteiger partial charge in [-0.2, -0.15) is 0 Å². The average Bonchev–Trinajstić information content (AvgIpc) is 3.09. The number of phosphoric acid groups is 1. The predicted molar refractivity (Wildman–Crippen MR) is 396 cm³/mol. The Morgan fingerprint density at radius 1 is 0.389 bits per heavy atom. The van der Waals surface area contributed by atoms with Crippen LogP contribution in [0.15, 0.2) is 170 Å². The summed E-state index contributed by atoms with van der Waals surface area (Å²) in [6.07, 6.45) is 109. The van der Waals surface area contributed by atoms with Crippen molar-refractivity contribution in [3.05, 3.63) is 170 Å². The Kier molecular flexibility index (Phi) is 66.0. The molecule has 512 valence electrons. The maximum atomic E-state index is 13.1. The molecule has 1 amide bonds. The molecule has 0 radical (unpaired) electrons. The summed E-state index contributed by atoms with van der Waals surface area (Å²) in [6, 6.07) is -0.891. The minimum absolute atomic E-state index is 0.0426. The summed E-state index contributed by atoms with van der Waals surface area (Å²) in [5.74, 6) is -0.207. The van der Waals surface area contributed by atoms with Crippen molar-refractivity contribution in [2.24, 2.45) is 0 Å². The van der Waals surface area contributed by atoms with Crippen molar-refractivity contribution in [2.45, 2.75) is 296 Å². The van der Waals surface area contributed by atoms with E-state index in [0.29, 0.717) is 17.4 Å². The molecule has 3 N–H and O–H groups in total. The number of aliphatic hydroxyl groups is 1. The van der Waals surface area contributed by atoms with E-state index in [9.17, 15) is 19.4 Å². The van der Waals surface area contributed by atoms with Crippen molar-refractivity contribution in [2.75, 3.05) is 40.9 Å². The molecular formula is C81H138N2O6P+.